The summed E-state index contributed by atoms with van der Waals surface area (Å²) in [5, 5.41) is 6.39. The molecule has 1 aliphatic heterocycles. The van der Waals surface area contributed by atoms with Gasteiger partial charge in [-0.3, -0.25) is 9.59 Å². The molecular formula is C28H31N3O5. The Morgan fingerprint density at radius 3 is 2.42 bits per heavy atom. The Hall–Kier alpha value is -4.04. The van der Waals surface area contributed by atoms with E-state index in [-0.39, 0.29) is 18.0 Å². The first-order valence-corrected chi connectivity index (χ1v) is 11.8. The van der Waals surface area contributed by atoms with Crippen LogP contribution in [0.1, 0.15) is 38.0 Å². The minimum atomic E-state index is -0.301. The standard InChI is InChI=1S/C28H31N3O5/c1-34-17-16-31-26(22-6-4-5-7-23(22)28(31)33)30-21-11-9-20(10-12-21)27(32)29-15-14-19-8-13-24(35-2)25(18-19)36-3/h4-13,18,26,30H,14-17H2,1-3H3,(H,29,32). The van der Waals surface area contributed by atoms with Gasteiger partial charge in [0, 0.05) is 42.6 Å². The fourth-order valence-electron chi connectivity index (χ4n) is 4.28. The van der Waals surface area contributed by atoms with E-state index in [1.165, 1.54) is 0 Å². The summed E-state index contributed by atoms with van der Waals surface area (Å²) < 4.78 is 15.8. The summed E-state index contributed by atoms with van der Waals surface area (Å²) in [5.74, 6) is 1.17. The molecule has 4 rings (SSSR count). The number of nitrogens with one attached hydrogen (secondary N) is 2. The van der Waals surface area contributed by atoms with Gasteiger partial charge in [-0.1, -0.05) is 24.3 Å². The molecule has 8 nitrogen and oxygen atoms in total. The Bertz CT molecular complexity index is 1210. The van der Waals surface area contributed by atoms with Crippen LogP contribution in [0.3, 0.4) is 0 Å². The van der Waals surface area contributed by atoms with Crippen molar-refractivity contribution < 1.29 is 23.8 Å². The summed E-state index contributed by atoms with van der Waals surface area (Å²) >= 11 is 0. The Morgan fingerprint density at radius 1 is 0.944 bits per heavy atom. The van der Waals surface area contributed by atoms with Gasteiger partial charge in [-0.05, 0) is 54.4 Å². The number of carbonyl (C=O) groups excluding carboxylic acids is 2. The van der Waals surface area contributed by atoms with Crippen LogP contribution in [0.4, 0.5) is 5.69 Å². The molecule has 36 heavy (non-hydrogen) atoms. The van der Waals surface area contributed by atoms with E-state index in [0.29, 0.717) is 48.7 Å². The molecule has 1 heterocycles. The van der Waals surface area contributed by atoms with Crippen LogP contribution in [0.2, 0.25) is 0 Å². The number of nitrogens with zero attached hydrogens (tertiary/aromatic N) is 1. The number of hydrogen-bond acceptors (Lipinski definition) is 6. The Morgan fingerprint density at radius 2 is 1.69 bits per heavy atom. The summed E-state index contributed by atoms with van der Waals surface area (Å²) in [5.41, 5.74) is 4.03. The van der Waals surface area contributed by atoms with Gasteiger partial charge in [-0.2, -0.15) is 0 Å². The van der Waals surface area contributed by atoms with E-state index < -0.39 is 0 Å². The van der Waals surface area contributed by atoms with Gasteiger partial charge < -0.3 is 29.7 Å². The van der Waals surface area contributed by atoms with Crippen molar-refractivity contribution in [3.05, 3.63) is 89.0 Å². The van der Waals surface area contributed by atoms with Crippen LogP contribution >= 0.6 is 0 Å². The van der Waals surface area contributed by atoms with E-state index in [0.717, 1.165) is 16.8 Å². The van der Waals surface area contributed by atoms with Gasteiger partial charge in [0.2, 0.25) is 0 Å². The predicted molar refractivity (Wildman–Crippen MR) is 138 cm³/mol. The molecule has 0 radical (unpaired) electrons. The van der Waals surface area contributed by atoms with Crippen molar-refractivity contribution >= 4 is 17.5 Å². The zero-order chi connectivity index (χ0) is 25.5. The second-order valence-corrected chi connectivity index (χ2v) is 8.40. The molecular weight excluding hydrogens is 458 g/mol. The number of amides is 2. The summed E-state index contributed by atoms with van der Waals surface area (Å²) in [6, 6.07) is 20.6. The second-order valence-electron chi connectivity index (χ2n) is 8.40. The maximum Gasteiger partial charge on any atom is 0.256 e. The molecule has 0 spiro atoms. The molecule has 0 saturated carbocycles. The summed E-state index contributed by atoms with van der Waals surface area (Å²) in [6.07, 6.45) is 0.364. The number of benzene rings is 3. The molecule has 8 heteroatoms. The Labute approximate surface area is 211 Å². The van der Waals surface area contributed by atoms with Gasteiger partial charge in [0.15, 0.2) is 11.5 Å². The number of ether oxygens (including phenoxy) is 3. The average molecular weight is 490 g/mol. The minimum absolute atomic E-state index is 0.0226. The number of rotatable bonds is 11. The number of carbonyl (C=O) groups is 2. The first-order valence-electron chi connectivity index (χ1n) is 11.8. The highest BCUT2D eigenvalue weighted by atomic mass is 16.5. The normalized spacial score (nSPS) is 14.4. The molecule has 0 saturated heterocycles. The minimum Gasteiger partial charge on any atom is -0.493 e. The lowest BCUT2D eigenvalue weighted by Crippen LogP contribution is -2.35. The van der Waals surface area contributed by atoms with Crippen LogP contribution < -0.4 is 20.1 Å². The Balaban J connectivity index is 1.36. The number of methoxy groups -OCH3 is 3. The second kappa shape index (κ2) is 11.6. The van der Waals surface area contributed by atoms with E-state index in [4.69, 9.17) is 14.2 Å². The molecule has 1 aliphatic rings. The van der Waals surface area contributed by atoms with Gasteiger partial charge in [0.05, 0.1) is 20.8 Å². The molecule has 2 N–H and O–H groups in total. The highest BCUT2D eigenvalue weighted by Crippen LogP contribution is 2.34. The van der Waals surface area contributed by atoms with Crippen LogP contribution in [0.15, 0.2) is 66.7 Å². The molecule has 3 aromatic carbocycles. The largest absolute Gasteiger partial charge is 0.493 e. The van der Waals surface area contributed by atoms with Gasteiger partial charge in [-0.25, -0.2) is 0 Å². The van der Waals surface area contributed by atoms with E-state index >= 15 is 0 Å². The fourth-order valence-corrected chi connectivity index (χ4v) is 4.28. The van der Waals surface area contributed by atoms with Crippen LogP contribution in [0, 0.1) is 0 Å². The lowest BCUT2D eigenvalue weighted by Gasteiger charge is -2.27. The lowest BCUT2D eigenvalue weighted by atomic mass is 10.1. The molecule has 0 fully saturated rings. The van der Waals surface area contributed by atoms with E-state index in [1.807, 2.05) is 54.6 Å². The SMILES string of the molecule is COCCN1C(=O)c2ccccc2C1Nc1ccc(C(=O)NCCc2ccc(OC)c(OC)c2)cc1. The van der Waals surface area contributed by atoms with Crippen molar-refractivity contribution in [3.8, 4) is 11.5 Å². The van der Waals surface area contributed by atoms with Crippen molar-refractivity contribution in [1.29, 1.82) is 0 Å². The molecule has 188 valence electrons. The number of hydrogen-bond donors (Lipinski definition) is 2. The highest BCUT2D eigenvalue weighted by Gasteiger charge is 2.36. The molecule has 1 unspecified atom stereocenters. The number of fused-ring (bicyclic) bond motifs is 1. The molecule has 0 aromatic heterocycles. The molecule has 2 amide bonds. The third kappa shape index (κ3) is 5.44. The van der Waals surface area contributed by atoms with Crippen molar-refractivity contribution in [2.45, 2.75) is 12.6 Å². The maximum absolute atomic E-state index is 12.9. The predicted octanol–water partition coefficient (Wildman–Crippen LogP) is 3.89. The highest BCUT2D eigenvalue weighted by molar-refractivity contribution is 5.99. The van der Waals surface area contributed by atoms with Crippen LogP contribution in [0.25, 0.3) is 0 Å². The van der Waals surface area contributed by atoms with Crippen molar-refractivity contribution in [2.24, 2.45) is 0 Å². The van der Waals surface area contributed by atoms with E-state index in [2.05, 4.69) is 10.6 Å². The molecule has 3 aromatic rings. The summed E-state index contributed by atoms with van der Waals surface area (Å²) in [6.45, 7) is 1.41. The van der Waals surface area contributed by atoms with Gasteiger partial charge in [-0.15, -0.1) is 0 Å². The van der Waals surface area contributed by atoms with Crippen LogP contribution in [0.5, 0.6) is 11.5 Å². The third-order valence-electron chi connectivity index (χ3n) is 6.19. The van der Waals surface area contributed by atoms with Gasteiger partial charge in [0.25, 0.3) is 11.8 Å². The summed E-state index contributed by atoms with van der Waals surface area (Å²) in [7, 11) is 4.82. The van der Waals surface area contributed by atoms with Crippen molar-refractivity contribution in [2.75, 3.05) is 46.3 Å². The number of anilines is 1. The molecule has 0 aliphatic carbocycles. The smallest absolute Gasteiger partial charge is 0.256 e. The average Bonchev–Trinajstić information content (AvgIpc) is 3.18. The first-order chi connectivity index (χ1) is 17.5. The van der Waals surface area contributed by atoms with Crippen molar-refractivity contribution in [3.63, 3.8) is 0 Å². The quantitative estimate of drug-likeness (QED) is 0.425. The third-order valence-corrected chi connectivity index (χ3v) is 6.19. The van der Waals surface area contributed by atoms with Gasteiger partial charge >= 0.3 is 0 Å². The van der Waals surface area contributed by atoms with Crippen molar-refractivity contribution in [1.82, 2.24) is 10.2 Å². The lowest BCUT2D eigenvalue weighted by molar-refractivity contribution is 0.0674. The van der Waals surface area contributed by atoms with E-state index in [9.17, 15) is 9.59 Å². The van der Waals surface area contributed by atoms with Crippen LogP contribution in [-0.2, 0) is 11.2 Å². The fraction of sp³-hybridized carbons (Fsp3) is 0.286. The van der Waals surface area contributed by atoms with Gasteiger partial charge in [0.1, 0.15) is 6.17 Å². The topological polar surface area (TPSA) is 89.1 Å². The monoisotopic (exact) mass is 489 g/mol. The van der Waals surface area contributed by atoms with E-state index in [1.54, 1.807) is 38.4 Å². The summed E-state index contributed by atoms with van der Waals surface area (Å²) in [4.78, 5) is 27.3. The Kier molecular flexibility index (Phi) is 8.07. The zero-order valence-electron chi connectivity index (χ0n) is 20.7. The molecule has 1 atom stereocenters. The maximum atomic E-state index is 12.9. The van der Waals surface area contributed by atoms with Crippen LogP contribution in [-0.4, -0.2) is 57.7 Å². The zero-order valence-corrected chi connectivity index (χ0v) is 20.7. The molecule has 0 bridgehead atoms. The first kappa shape index (κ1) is 25.1.